The highest BCUT2D eigenvalue weighted by Gasteiger charge is 2.06. The number of hydrogen-bond donors (Lipinski definition) is 1. The normalized spacial score (nSPS) is 10.7. The van der Waals surface area contributed by atoms with E-state index in [0.717, 1.165) is 28.6 Å². The highest BCUT2D eigenvalue weighted by molar-refractivity contribution is 7.98. The van der Waals surface area contributed by atoms with Crippen molar-refractivity contribution in [2.75, 3.05) is 12.3 Å². The largest absolute Gasteiger partial charge is 0.351 e. The maximum atomic E-state index is 12.3. The summed E-state index contributed by atoms with van der Waals surface area (Å²) in [5.74, 6) is 3.49. The number of carbonyl (C=O) groups excluding carboxylic acids is 1. The Hall–Kier alpha value is -1.59. The van der Waals surface area contributed by atoms with Gasteiger partial charge >= 0.3 is 0 Å². The number of thioether (sulfide) groups is 2. The van der Waals surface area contributed by atoms with Crippen LogP contribution in [0.1, 0.15) is 27.0 Å². The molecule has 0 saturated heterocycles. The molecular formula is C24H23Cl2NOS2. The van der Waals surface area contributed by atoms with Gasteiger partial charge in [0.1, 0.15) is 0 Å². The molecule has 0 radical (unpaired) electrons. The van der Waals surface area contributed by atoms with Gasteiger partial charge < -0.3 is 5.32 Å². The summed E-state index contributed by atoms with van der Waals surface area (Å²) < 4.78 is 0. The molecule has 0 heterocycles. The molecule has 1 N–H and O–H groups in total. The Balaban J connectivity index is 1.35. The van der Waals surface area contributed by atoms with Crippen molar-refractivity contribution in [1.82, 2.24) is 5.32 Å². The van der Waals surface area contributed by atoms with Crippen LogP contribution in [0.25, 0.3) is 0 Å². The van der Waals surface area contributed by atoms with Gasteiger partial charge in [-0.2, -0.15) is 23.5 Å². The van der Waals surface area contributed by atoms with Crippen molar-refractivity contribution in [2.24, 2.45) is 0 Å². The third-order valence-corrected chi connectivity index (χ3v) is 7.07. The molecule has 0 bridgehead atoms. The minimum Gasteiger partial charge on any atom is -0.351 e. The molecule has 3 rings (SSSR count). The van der Waals surface area contributed by atoms with Gasteiger partial charge in [0.05, 0.1) is 0 Å². The molecule has 6 heteroatoms. The highest BCUT2D eigenvalue weighted by atomic mass is 35.5. The first-order chi connectivity index (χ1) is 14.6. The molecular weight excluding hydrogens is 453 g/mol. The van der Waals surface area contributed by atoms with Gasteiger partial charge in [-0.3, -0.25) is 4.79 Å². The van der Waals surface area contributed by atoms with E-state index in [4.69, 9.17) is 23.2 Å². The SMILES string of the molecule is O=C(NCCSCc1ccc(Cl)cc1Cl)c1ccc(CSCc2ccccc2)cc1. The molecule has 0 fully saturated rings. The molecule has 156 valence electrons. The quantitative estimate of drug-likeness (QED) is 0.317. The van der Waals surface area contributed by atoms with Crippen LogP contribution in [0.2, 0.25) is 10.0 Å². The Bertz CT molecular complexity index is 949. The molecule has 0 unspecified atom stereocenters. The smallest absolute Gasteiger partial charge is 0.251 e. The minimum absolute atomic E-state index is 0.0383. The number of rotatable bonds is 10. The van der Waals surface area contributed by atoms with Crippen LogP contribution >= 0.6 is 46.7 Å². The van der Waals surface area contributed by atoms with Crippen LogP contribution in [-0.2, 0) is 17.3 Å². The van der Waals surface area contributed by atoms with Gasteiger partial charge in [0, 0.05) is 45.2 Å². The summed E-state index contributed by atoms with van der Waals surface area (Å²) in [5, 5.41) is 4.30. The molecule has 0 aliphatic carbocycles. The van der Waals surface area contributed by atoms with Crippen LogP contribution in [0.5, 0.6) is 0 Å². The second kappa shape index (κ2) is 12.3. The Morgan fingerprint density at radius 1 is 0.800 bits per heavy atom. The Kier molecular flexibility index (Phi) is 9.47. The average molecular weight is 476 g/mol. The van der Waals surface area contributed by atoms with Gasteiger partial charge in [0.15, 0.2) is 0 Å². The zero-order chi connectivity index (χ0) is 21.2. The first kappa shape index (κ1) is 23.1. The molecule has 0 spiro atoms. The van der Waals surface area contributed by atoms with E-state index in [0.29, 0.717) is 22.2 Å². The van der Waals surface area contributed by atoms with Crippen LogP contribution < -0.4 is 5.32 Å². The second-order valence-corrected chi connectivity index (χ2v) is 9.65. The van der Waals surface area contributed by atoms with Crippen LogP contribution in [0.3, 0.4) is 0 Å². The summed E-state index contributed by atoms with van der Waals surface area (Å²) in [6.45, 7) is 0.614. The van der Waals surface area contributed by atoms with E-state index < -0.39 is 0 Å². The van der Waals surface area contributed by atoms with Crippen molar-refractivity contribution in [3.8, 4) is 0 Å². The van der Waals surface area contributed by atoms with E-state index in [1.54, 1.807) is 17.8 Å². The fourth-order valence-corrected chi connectivity index (χ4v) is 5.15. The van der Waals surface area contributed by atoms with Crippen molar-refractivity contribution in [2.45, 2.75) is 17.3 Å². The van der Waals surface area contributed by atoms with Gasteiger partial charge in [0.25, 0.3) is 5.91 Å². The maximum absolute atomic E-state index is 12.3. The van der Waals surface area contributed by atoms with Gasteiger partial charge in [-0.15, -0.1) is 0 Å². The third-order valence-electron chi connectivity index (χ3n) is 4.40. The van der Waals surface area contributed by atoms with Crippen LogP contribution in [0.15, 0.2) is 72.8 Å². The van der Waals surface area contributed by atoms with Gasteiger partial charge in [0.2, 0.25) is 0 Å². The van der Waals surface area contributed by atoms with E-state index in [1.807, 2.05) is 54.2 Å². The number of amides is 1. The summed E-state index contributed by atoms with van der Waals surface area (Å²) in [6.07, 6.45) is 0. The molecule has 3 aromatic rings. The topological polar surface area (TPSA) is 29.1 Å². The molecule has 3 aromatic carbocycles. The zero-order valence-electron chi connectivity index (χ0n) is 16.4. The molecule has 1 amide bonds. The zero-order valence-corrected chi connectivity index (χ0v) is 19.6. The number of carbonyl (C=O) groups is 1. The molecule has 0 aromatic heterocycles. The summed E-state index contributed by atoms with van der Waals surface area (Å²) in [4.78, 5) is 12.3. The van der Waals surface area contributed by atoms with E-state index in [2.05, 4.69) is 29.6 Å². The molecule has 0 aliphatic rings. The van der Waals surface area contributed by atoms with Crippen molar-refractivity contribution in [3.05, 3.63) is 105 Å². The van der Waals surface area contributed by atoms with Gasteiger partial charge in [-0.25, -0.2) is 0 Å². The van der Waals surface area contributed by atoms with Crippen LogP contribution in [0.4, 0.5) is 0 Å². The van der Waals surface area contributed by atoms with Crippen LogP contribution in [0, 0.1) is 0 Å². The molecule has 2 nitrogen and oxygen atoms in total. The van der Waals surface area contributed by atoms with E-state index in [-0.39, 0.29) is 5.91 Å². The van der Waals surface area contributed by atoms with Crippen molar-refractivity contribution in [3.63, 3.8) is 0 Å². The highest BCUT2D eigenvalue weighted by Crippen LogP contribution is 2.24. The van der Waals surface area contributed by atoms with E-state index in [9.17, 15) is 4.79 Å². The molecule has 30 heavy (non-hydrogen) atoms. The predicted molar refractivity (Wildman–Crippen MR) is 133 cm³/mol. The summed E-state index contributed by atoms with van der Waals surface area (Å²) >= 11 is 15.7. The third kappa shape index (κ3) is 7.59. The lowest BCUT2D eigenvalue weighted by Crippen LogP contribution is -2.25. The standard InChI is InChI=1S/C24H23Cl2NOS2/c25-22-11-10-21(23(26)14-22)17-29-13-12-27-24(28)20-8-6-19(7-9-20)16-30-15-18-4-2-1-3-5-18/h1-11,14H,12-13,15-17H2,(H,27,28). The fraction of sp³-hybridized carbons (Fsp3) is 0.208. The second-order valence-electron chi connectivity index (χ2n) is 6.72. The first-order valence-corrected chi connectivity index (χ1v) is 12.7. The van der Waals surface area contributed by atoms with Gasteiger partial charge in [-0.1, -0.05) is 71.7 Å². The van der Waals surface area contributed by atoms with E-state index in [1.165, 1.54) is 11.1 Å². The first-order valence-electron chi connectivity index (χ1n) is 9.62. The summed E-state index contributed by atoms with van der Waals surface area (Å²) in [6, 6.07) is 23.8. The fourth-order valence-electron chi connectivity index (χ4n) is 2.77. The number of halogens is 2. The molecule has 0 aliphatic heterocycles. The summed E-state index contributed by atoms with van der Waals surface area (Å²) in [7, 11) is 0. The van der Waals surface area contributed by atoms with Crippen molar-refractivity contribution >= 4 is 52.6 Å². The van der Waals surface area contributed by atoms with Crippen molar-refractivity contribution < 1.29 is 4.79 Å². The molecule has 0 saturated carbocycles. The Labute approximate surface area is 196 Å². The number of benzene rings is 3. The minimum atomic E-state index is -0.0383. The average Bonchev–Trinajstić information content (AvgIpc) is 2.76. The van der Waals surface area contributed by atoms with Crippen LogP contribution in [-0.4, -0.2) is 18.2 Å². The maximum Gasteiger partial charge on any atom is 0.251 e. The Morgan fingerprint density at radius 3 is 2.20 bits per heavy atom. The van der Waals surface area contributed by atoms with Gasteiger partial charge in [-0.05, 0) is 41.0 Å². The Morgan fingerprint density at radius 2 is 1.50 bits per heavy atom. The monoisotopic (exact) mass is 475 g/mol. The lowest BCUT2D eigenvalue weighted by molar-refractivity contribution is 0.0956. The molecule has 0 atom stereocenters. The van der Waals surface area contributed by atoms with E-state index >= 15 is 0 Å². The van der Waals surface area contributed by atoms with Crippen molar-refractivity contribution in [1.29, 1.82) is 0 Å². The lowest BCUT2D eigenvalue weighted by atomic mass is 10.1. The summed E-state index contributed by atoms with van der Waals surface area (Å²) in [5.41, 5.74) is 4.30. The predicted octanol–water partition coefficient (Wildman–Crippen LogP) is 7.09. The number of hydrogen-bond acceptors (Lipinski definition) is 3. The lowest BCUT2D eigenvalue weighted by Gasteiger charge is -2.08. The number of nitrogens with one attached hydrogen (secondary N) is 1.